The molecule has 0 atom stereocenters. The van der Waals surface area contributed by atoms with Gasteiger partial charge in [0.25, 0.3) is 5.91 Å². The summed E-state index contributed by atoms with van der Waals surface area (Å²) in [7, 11) is -3.98. The second-order valence-corrected chi connectivity index (χ2v) is 11.3. The van der Waals surface area contributed by atoms with Crippen molar-refractivity contribution in [1.82, 2.24) is 30.0 Å². The van der Waals surface area contributed by atoms with Crippen LogP contribution < -0.4 is 10.4 Å². The SMILES string of the molecule is Cl.O=C(NO)C1(S(=O)(=O)N2CCN(c3ccc(-c4nnn(CC5CC5)n4)cc3)CC2)CCOCC1. The van der Waals surface area contributed by atoms with E-state index in [0.29, 0.717) is 24.8 Å². The number of amides is 1. The molecule has 12 nitrogen and oxygen atoms in total. The Labute approximate surface area is 210 Å². The van der Waals surface area contributed by atoms with Gasteiger partial charge in [-0.3, -0.25) is 10.0 Å². The average molecular weight is 528 g/mol. The van der Waals surface area contributed by atoms with Gasteiger partial charge in [-0.2, -0.15) is 9.10 Å². The standard InChI is InChI=1S/C21H29N7O5S.ClH/c29-20(24-30)21(7-13-33-14-8-21)34(31,32)27-11-9-26(10-12-27)18-5-3-17(4-6-18)19-22-25-28(23-19)15-16-1-2-16;/h3-6,16,30H,1-2,7-15H2,(H,24,29);1H. The van der Waals surface area contributed by atoms with Crippen LogP contribution in [0.15, 0.2) is 24.3 Å². The highest BCUT2D eigenvalue weighted by Crippen LogP contribution is 2.34. The Bertz CT molecular complexity index is 1130. The number of hydroxylamine groups is 1. The maximum absolute atomic E-state index is 13.4. The summed E-state index contributed by atoms with van der Waals surface area (Å²) in [6.45, 7) is 2.60. The van der Waals surface area contributed by atoms with Crippen molar-refractivity contribution in [2.45, 2.75) is 37.0 Å². The summed E-state index contributed by atoms with van der Waals surface area (Å²) in [4.78, 5) is 16.2. The van der Waals surface area contributed by atoms with E-state index in [2.05, 4.69) is 20.3 Å². The molecule has 192 valence electrons. The summed E-state index contributed by atoms with van der Waals surface area (Å²) in [5.74, 6) is 0.370. The van der Waals surface area contributed by atoms with Crippen molar-refractivity contribution in [1.29, 1.82) is 0 Å². The number of carbonyl (C=O) groups excluding carboxylic acids is 1. The van der Waals surface area contributed by atoms with E-state index in [0.717, 1.165) is 17.8 Å². The van der Waals surface area contributed by atoms with Gasteiger partial charge in [-0.05, 0) is 48.2 Å². The number of anilines is 1. The first-order valence-corrected chi connectivity index (χ1v) is 13.0. The smallest absolute Gasteiger partial charge is 0.266 e. The number of halogens is 1. The minimum atomic E-state index is -3.98. The number of carbonyl (C=O) groups is 1. The topological polar surface area (TPSA) is 143 Å². The molecule has 0 spiro atoms. The van der Waals surface area contributed by atoms with Crippen LogP contribution in [-0.4, -0.2) is 88.2 Å². The van der Waals surface area contributed by atoms with Crippen molar-refractivity contribution < 1.29 is 23.2 Å². The molecule has 3 heterocycles. The van der Waals surface area contributed by atoms with Crippen LogP contribution in [0.2, 0.25) is 0 Å². The van der Waals surface area contributed by atoms with E-state index in [1.54, 1.807) is 10.3 Å². The predicted octanol–water partition coefficient (Wildman–Crippen LogP) is 0.678. The molecule has 3 aliphatic rings. The Balaban J connectivity index is 0.00000289. The molecule has 0 bridgehead atoms. The predicted molar refractivity (Wildman–Crippen MR) is 129 cm³/mol. The van der Waals surface area contributed by atoms with Crippen LogP contribution in [0.4, 0.5) is 5.69 Å². The van der Waals surface area contributed by atoms with Crippen LogP contribution >= 0.6 is 12.4 Å². The first-order chi connectivity index (χ1) is 16.4. The Morgan fingerprint density at radius 2 is 1.77 bits per heavy atom. The van der Waals surface area contributed by atoms with Crippen molar-refractivity contribution in [3.05, 3.63) is 24.3 Å². The lowest BCUT2D eigenvalue weighted by Crippen LogP contribution is -2.62. The van der Waals surface area contributed by atoms with Crippen LogP contribution in [-0.2, 0) is 26.1 Å². The fourth-order valence-electron chi connectivity index (χ4n) is 4.63. The number of aromatic nitrogens is 4. The van der Waals surface area contributed by atoms with Crippen LogP contribution in [0, 0.1) is 5.92 Å². The number of ether oxygens (including phenoxy) is 1. The van der Waals surface area contributed by atoms with Gasteiger partial charge >= 0.3 is 0 Å². The summed E-state index contributed by atoms with van der Waals surface area (Å²) < 4.78 is 31.8. The summed E-state index contributed by atoms with van der Waals surface area (Å²) in [5.41, 5.74) is 3.41. The second kappa shape index (κ2) is 10.3. The summed E-state index contributed by atoms with van der Waals surface area (Å²) in [6.07, 6.45) is 2.49. The first kappa shape index (κ1) is 25.8. The van der Waals surface area contributed by atoms with Crippen molar-refractivity contribution >= 4 is 34.0 Å². The molecule has 0 unspecified atom stereocenters. The molecule has 14 heteroatoms. The van der Waals surface area contributed by atoms with Gasteiger partial charge in [-0.1, -0.05) is 0 Å². The molecule has 1 aliphatic carbocycles. The molecule has 3 fully saturated rings. The fourth-order valence-corrected chi connectivity index (χ4v) is 6.73. The maximum atomic E-state index is 13.4. The molecular weight excluding hydrogens is 498 g/mol. The number of sulfonamides is 1. The minimum Gasteiger partial charge on any atom is -0.381 e. The zero-order chi connectivity index (χ0) is 23.8. The fraction of sp³-hybridized carbons (Fsp3) is 0.619. The molecule has 5 rings (SSSR count). The van der Waals surface area contributed by atoms with E-state index in [-0.39, 0.29) is 51.6 Å². The van der Waals surface area contributed by atoms with Crippen LogP contribution in [0.25, 0.3) is 11.4 Å². The summed E-state index contributed by atoms with van der Waals surface area (Å²) in [5, 5.41) is 21.9. The van der Waals surface area contributed by atoms with E-state index < -0.39 is 20.7 Å². The van der Waals surface area contributed by atoms with Crippen molar-refractivity contribution in [3.63, 3.8) is 0 Å². The lowest BCUT2D eigenvalue weighted by Gasteiger charge is -2.42. The highest BCUT2D eigenvalue weighted by molar-refractivity contribution is 7.91. The number of piperazine rings is 1. The Morgan fingerprint density at radius 1 is 1.11 bits per heavy atom. The van der Waals surface area contributed by atoms with Gasteiger partial charge in [-0.25, -0.2) is 13.9 Å². The molecule has 1 aromatic carbocycles. The molecule has 2 saturated heterocycles. The normalized spacial score (nSPS) is 20.8. The highest BCUT2D eigenvalue weighted by atomic mass is 35.5. The number of hydrogen-bond donors (Lipinski definition) is 2. The Hall–Kier alpha value is -2.32. The second-order valence-electron chi connectivity index (χ2n) is 9.10. The van der Waals surface area contributed by atoms with Gasteiger partial charge in [0.05, 0.1) is 6.54 Å². The monoisotopic (exact) mass is 527 g/mol. The largest absolute Gasteiger partial charge is 0.381 e. The molecule has 0 radical (unpaired) electrons. The van der Waals surface area contributed by atoms with Gasteiger partial charge in [0, 0.05) is 63.5 Å². The highest BCUT2D eigenvalue weighted by Gasteiger charge is 2.54. The van der Waals surface area contributed by atoms with Crippen LogP contribution in [0.1, 0.15) is 25.7 Å². The minimum absolute atomic E-state index is 0. The number of nitrogens with one attached hydrogen (secondary N) is 1. The zero-order valence-electron chi connectivity index (χ0n) is 19.2. The third kappa shape index (κ3) is 5.00. The number of nitrogens with zero attached hydrogens (tertiary/aromatic N) is 6. The summed E-state index contributed by atoms with van der Waals surface area (Å²) in [6, 6.07) is 7.83. The zero-order valence-corrected chi connectivity index (χ0v) is 20.9. The van der Waals surface area contributed by atoms with Gasteiger partial charge in [0.2, 0.25) is 15.8 Å². The van der Waals surface area contributed by atoms with E-state index in [1.165, 1.54) is 17.1 Å². The molecule has 1 amide bonds. The Morgan fingerprint density at radius 3 is 2.37 bits per heavy atom. The molecule has 1 aromatic heterocycles. The third-order valence-electron chi connectivity index (χ3n) is 6.95. The third-order valence-corrected chi connectivity index (χ3v) is 9.58. The van der Waals surface area contributed by atoms with Gasteiger partial charge in [0.15, 0.2) is 4.75 Å². The molecule has 35 heavy (non-hydrogen) atoms. The van der Waals surface area contributed by atoms with E-state index in [4.69, 9.17) is 4.74 Å². The molecule has 1 saturated carbocycles. The number of benzene rings is 1. The number of rotatable bonds is 7. The van der Waals surface area contributed by atoms with Crippen molar-refractivity contribution in [3.8, 4) is 11.4 Å². The quantitative estimate of drug-likeness (QED) is 0.392. The maximum Gasteiger partial charge on any atom is 0.266 e. The van der Waals surface area contributed by atoms with E-state index in [1.807, 2.05) is 24.3 Å². The van der Waals surface area contributed by atoms with Crippen LogP contribution in [0.3, 0.4) is 0 Å². The molecule has 2 N–H and O–H groups in total. The average Bonchev–Trinajstić information content (AvgIpc) is 3.58. The van der Waals surface area contributed by atoms with Gasteiger partial charge in [-0.15, -0.1) is 22.6 Å². The first-order valence-electron chi connectivity index (χ1n) is 11.6. The van der Waals surface area contributed by atoms with Gasteiger partial charge in [0.1, 0.15) is 0 Å². The molecular formula is C21H30ClN7O5S. The van der Waals surface area contributed by atoms with Crippen LogP contribution in [0.5, 0.6) is 0 Å². The van der Waals surface area contributed by atoms with Gasteiger partial charge < -0.3 is 9.64 Å². The van der Waals surface area contributed by atoms with Crippen molar-refractivity contribution in [2.24, 2.45) is 5.92 Å². The Kier molecular flexibility index (Phi) is 7.62. The van der Waals surface area contributed by atoms with Crippen molar-refractivity contribution in [2.75, 3.05) is 44.3 Å². The summed E-state index contributed by atoms with van der Waals surface area (Å²) >= 11 is 0. The molecule has 2 aromatic rings. The van der Waals surface area contributed by atoms with E-state index >= 15 is 0 Å². The lowest BCUT2D eigenvalue weighted by molar-refractivity contribution is -0.134. The number of tetrazole rings is 1. The molecule has 2 aliphatic heterocycles. The van der Waals surface area contributed by atoms with E-state index in [9.17, 15) is 18.4 Å². The lowest BCUT2D eigenvalue weighted by atomic mass is 9.98. The number of hydrogen-bond acceptors (Lipinski definition) is 9.